The van der Waals surface area contributed by atoms with Gasteiger partial charge in [-0.15, -0.1) is 0 Å². The number of nitrogens with zero attached hydrogens (tertiary/aromatic N) is 2. The SMILES string of the molecule is CCOc1ccc(OCCN2CCNCC2c2cccnc2)cc1. The Bertz CT molecular complexity index is 604. The van der Waals surface area contributed by atoms with E-state index in [2.05, 4.69) is 21.3 Å². The van der Waals surface area contributed by atoms with Gasteiger partial charge in [0.2, 0.25) is 0 Å². The first-order valence-corrected chi connectivity index (χ1v) is 8.57. The summed E-state index contributed by atoms with van der Waals surface area (Å²) in [5, 5.41) is 3.47. The number of benzene rings is 1. The molecule has 0 amide bonds. The van der Waals surface area contributed by atoms with Crippen LogP contribution in [-0.4, -0.2) is 49.3 Å². The van der Waals surface area contributed by atoms with Crippen LogP contribution in [-0.2, 0) is 0 Å². The van der Waals surface area contributed by atoms with Crippen LogP contribution >= 0.6 is 0 Å². The molecule has 0 radical (unpaired) electrons. The highest BCUT2D eigenvalue weighted by Crippen LogP contribution is 2.21. The molecule has 2 aromatic rings. The molecule has 1 saturated heterocycles. The smallest absolute Gasteiger partial charge is 0.119 e. The van der Waals surface area contributed by atoms with E-state index in [4.69, 9.17) is 9.47 Å². The molecule has 1 unspecified atom stereocenters. The number of rotatable bonds is 7. The monoisotopic (exact) mass is 327 g/mol. The first-order valence-electron chi connectivity index (χ1n) is 8.57. The highest BCUT2D eigenvalue weighted by molar-refractivity contribution is 5.31. The normalized spacial score (nSPS) is 18.3. The third-order valence-corrected chi connectivity index (χ3v) is 4.21. The zero-order chi connectivity index (χ0) is 16.6. The molecule has 0 spiro atoms. The number of ether oxygens (including phenoxy) is 2. The molecular formula is C19H25N3O2. The molecule has 1 aromatic carbocycles. The third kappa shape index (κ3) is 4.46. The maximum atomic E-state index is 5.89. The van der Waals surface area contributed by atoms with Crippen molar-refractivity contribution in [2.75, 3.05) is 39.4 Å². The summed E-state index contributed by atoms with van der Waals surface area (Å²) in [5.74, 6) is 1.76. The van der Waals surface area contributed by atoms with Gasteiger partial charge >= 0.3 is 0 Å². The summed E-state index contributed by atoms with van der Waals surface area (Å²) in [7, 11) is 0. The van der Waals surface area contributed by atoms with Crippen LogP contribution in [0.4, 0.5) is 0 Å². The summed E-state index contributed by atoms with van der Waals surface area (Å²) < 4.78 is 11.3. The largest absolute Gasteiger partial charge is 0.494 e. The average molecular weight is 327 g/mol. The first-order chi connectivity index (χ1) is 11.9. The van der Waals surface area contributed by atoms with Crippen LogP contribution in [0.1, 0.15) is 18.5 Å². The minimum Gasteiger partial charge on any atom is -0.494 e. The van der Waals surface area contributed by atoms with Crippen LogP contribution in [0.3, 0.4) is 0 Å². The Morgan fingerprint density at radius 2 is 1.96 bits per heavy atom. The van der Waals surface area contributed by atoms with E-state index in [1.54, 1.807) is 0 Å². The highest BCUT2D eigenvalue weighted by atomic mass is 16.5. The Hall–Kier alpha value is -2.11. The molecule has 0 aliphatic carbocycles. The van der Waals surface area contributed by atoms with Gasteiger partial charge in [0.1, 0.15) is 18.1 Å². The van der Waals surface area contributed by atoms with Crippen molar-refractivity contribution < 1.29 is 9.47 Å². The molecule has 5 nitrogen and oxygen atoms in total. The van der Waals surface area contributed by atoms with Crippen LogP contribution in [0.25, 0.3) is 0 Å². The summed E-state index contributed by atoms with van der Waals surface area (Å²) in [4.78, 5) is 6.71. The molecule has 128 valence electrons. The number of aromatic nitrogens is 1. The van der Waals surface area contributed by atoms with E-state index in [1.807, 2.05) is 49.6 Å². The molecule has 0 saturated carbocycles. The molecule has 1 aliphatic heterocycles. The van der Waals surface area contributed by atoms with Crippen molar-refractivity contribution in [2.45, 2.75) is 13.0 Å². The van der Waals surface area contributed by atoms with Crippen molar-refractivity contribution in [2.24, 2.45) is 0 Å². The van der Waals surface area contributed by atoms with E-state index in [0.29, 0.717) is 19.3 Å². The predicted molar refractivity (Wildman–Crippen MR) is 94.5 cm³/mol. The Balaban J connectivity index is 1.52. The lowest BCUT2D eigenvalue weighted by Crippen LogP contribution is -2.47. The molecule has 3 rings (SSSR count). The second-order valence-corrected chi connectivity index (χ2v) is 5.80. The van der Waals surface area contributed by atoms with Crippen molar-refractivity contribution in [3.05, 3.63) is 54.4 Å². The van der Waals surface area contributed by atoms with Crippen molar-refractivity contribution >= 4 is 0 Å². The van der Waals surface area contributed by atoms with Crippen LogP contribution in [0.15, 0.2) is 48.8 Å². The number of pyridine rings is 1. The number of piperazine rings is 1. The molecule has 2 heterocycles. The molecule has 5 heteroatoms. The van der Waals surface area contributed by atoms with Crippen LogP contribution in [0, 0.1) is 0 Å². The van der Waals surface area contributed by atoms with E-state index in [0.717, 1.165) is 37.7 Å². The number of hydrogen-bond acceptors (Lipinski definition) is 5. The molecule has 1 fully saturated rings. The number of nitrogens with one attached hydrogen (secondary N) is 1. The Morgan fingerprint density at radius 1 is 1.17 bits per heavy atom. The molecule has 24 heavy (non-hydrogen) atoms. The predicted octanol–water partition coefficient (Wildman–Crippen LogP) is 2.51. The molecule has 1 N–H and O–H groups in total. The summed E-state index contributed by atoms with van der Waals surface area (Å²) in [6.45, 7) is 7.22. The Kier molecular flexibility index (Phi) is 6.04. The lowest BCUT2D eigenvalue weighted by molar-refractivity contribution is 0.134. The summed E-state index contributed by atoms with van der Waals surface area (Å²) >= 11 is 0. The van der Waals surface area contributed by atoms with E-state index < -0.39 is 0 Å². The lowest BCUT2D eigenvalue weighted by Gasteiger charge is -2.36. The standard InChI is InChI=1S/C19H25N3O2/c1-2-23-17-5-7-18(8-6-17)24-13-12-22-11-10-21-15-19(22)16-4-3-9-20-14-16/h3-9,14,19,21H,2,10-13,15H2,1H3. The van der Waals surface area contributed by atoms with Gasteiger partial charge in [-0.05, 0) is 42.8 Å². The second kappa shape index (κ2) is 8.66. The van der Waals surface area contributed by atoms with Gasteiger partial charge in [0.25, 0.3) is 0 Å². The van der Waals surface area contributed by atoms with Gasteiger partial charge < -0.3 is 14.8 Å². The molecule has 0 bridgehead atoms. The van der Waals surface area contributed by atoms with Gasteiger partial charge in [0.05, 0.1) is 6.61 Å². The third-order valence-electron chi connectivity index (χ3n) is 4.21. The maximum absolute atomic E-state index is 5.89. The van der Waals surface area contributed by atoms with Gasteiger partial charge in [-0.3, -0.25) is 9.88 Å². The molecule has 1 aliphatic rings. The minimum absolute atomic E-state index is 0.358. The van der Waals surface area contributed by atoms with Crippen molar-refractivity contribution in [3.8, 4) is 11.5 Å². The van der Waals surface area contributed by atoms with Gasteiger partial charge in [0.15, 0.2) is 0 Å². The zero-order valence-corrected chi connectivity index (χ0v) is 14.1. The topological polar surface area (TPSA) is 46.6 Å². The van der Waals surface area contributed by atoms with Gasteiger partial charge in [-0.25, -0.2) is 0 Å². The van der Waals surface area contributed by atoms with Crippen LogP contribution in [0.2, 0.25) is 0 Å². The minimum atomic E-state index is 0.358. The lowest BCUT2D eigenvalue weighted by atomic mass is 10.1. The molecular weight excluding hydrogens is 302 g/mol. The van der Waals surface area contributed by atoms with Crippen LogP contribution < -0.4 is 14.8 Å². The van der Waals surface area contributed by atoms with E-state index in [-0.39, 0.29) is 0 Å². The van der Waals surface area contributed by atoms with E-state index in [9.17, 15) is 0 Å². The van der Waals surface area contributed by atoms with Crippen molar-refractivity contribution in [3.63, 3.8) is 0 Å². The first kappa shape index (κ1) is 16.7. The summed E-state index contributed by atoms with van der Waals surface area (Å²) in [6.07, 6.45) is 3.77. The summed E-state index contributed by atoms with van der Waals surface area (Å²) in [6, 6.07) is 12.3. The fourth-order valence-electron chi connectivity index (χ4n) is 3.00. The Morgan fingerprint density at radius 3 is 2.67 bits per heavy atom. The fraction of sp³-hybridized carbons (Fsp3) is 0.421. The van der Waals surface area contributed by atoms with Crippen molar-refractivity contribution in [1.29, 1.82) is 0 Å². The van der Waals surface area contributed by atoms with Gasteiger partial charge in [0, 0.05) is 44.6 Å². The fourth-order valence-corrected chi connectivity index (χ4v) is 3.00. The second-order valence-electron chi connectivity index (χ2n) is 5.80. The van der Waals surface area contributed by atoms with E-state index >= 15 is 0 Å². The maximum Gasteiger partial charge on any atom is 0.119 e. The molecule has 1 atom stereocenters. The van der Waals surface area contributed by atoms with Crippen molar-refractivity contribution in [1.82, 2.24) is 15.2 Å². The quantitative estimate of drug-likeness (QED) is 0.847. The Labute approximate surface area is 143 Å². The summed E-state index contributed by atoms with van der Waals surface area (Å²) in [5.41, 5.74) is 1.26. The molecule has 1 aromatic heterocycles. The van der Waals surface area contributed by atoms with E-state index in [1.165, 1.54) is 5.56 Å². The zero-order valence-electron chi connectivity index (χ0n) is 14.1. The van der Waals surface area contributed by atoms with Gasteiger partial charge in [-0.1, -0.05) is 6.07 Å². The van der Waals surface area contributed by atoms with Gasteiger partial charge in [-0.2, -0.15) is 0 Å². The van der Waals surface area contributed by atoms with Crippen LogP contribution in [0.5, 0.6) is 11.5 Å². The number of hydrogen-bond donors (Lipinski definition) is 1. The average Bonchev–Trinajstić information content (AvgIpc) is 2.65. The highest BCUT2D eigenvalue weighted by Gasteiger charge is 2.23.